The van der Waals surface area contributed by atoms with Crippen molar-refractivity contribution in [3.05, 3.63) is 77.0 Å². The molecule has 144 valence electrons. The van der Waals surface area contributed by atoms with Crippen LogP contribution in [0.25, 0.3) is 28.2 Å². The van der Waals surface area contributed by atoms with E-state index in [2.05, 4.69) is 9.97 Å². The first-order valence-corrected chi connectivity index (χ1v) is 8.57. The fourth-order valence-corrected chi connectivity index (χ4v) is 3.15. The first-order valence-electron chi connectivity index (χ1n) is 8.19. The summed E-state index contributed by atoms with van der Waals surface area (Å²) in [4.78, 5) is 7.45. The summed E-state index contributed by atoms with van der Waals surface area (Å²) in [6.07, 6.45) is -2.02. The molecule has 0 aliphatic carbocycles. The van der Waals surface area contributed by atoms with Gasteiger partial charge in [-0.25, -0.2) is 14.4 Å². The van der Waals surface area contributed by atoms with Crippen molar-refractivity contribution in [3.63, 3.8) is 0 Å². The van der Waals surface area contributed by atoms with Gasteiger partial charge < -0.3 is 0 Å². The molecule has 2 heterocycles. The standard InChI is InChI=1S/C20H9ClF4N4/c21-13-2-3-14(12(7-13)9-26)15-8-11(1-4-16(15)22)17-10-27-19-28-18(20(23,24)25)5-6-29(17)19/h1-8,10H. The summed E-state index contributed by atoms with van der Waals surface area (Å²) in [5.74, 6) is -0.691. The van der Waals surface area contributed by atoms with E-state index in [9.17, 15) is 22.8 Å². The zero-order valence-electron chi connectivity index (χ0n) is 14.4. The van der Waals surface area contributed by atoms with E-state index in [1.165, 1.54) is 47.1 Å². The Hall–Kier alpha value is -3.44. The van der Waals surface area contributed by atoms with Gasteiger partial charge in [-0.1, -0.05) is 17.7 Å². The third kappa shape index (κ3) is 3.41. The van der Waals surface area contributed by atoms with Crippen LogP contribution in [0.15, 0.2) is 54.9 Å². The largest absolute Gasteiger partial charge is 0.433 e. The molecular formula is C20H9ClF4N4. The Kier molecular flexibility index (Phi) is 4.47. The second-order valence-corrected chi connectivity index (χ2v) is 6.56. The molecule has 2 aromatic carbocycles. The minimum Gasteiger partial charge on any atom is -0.284 e. The van der Waals surface area contributed by atoms with Crippen LogP contribution in [0.5, 0.6) is 0 Å². The van der Waals surface area contributed by atoms with Crippen LogP contribution in [0.4, 0.5) is 17.6 Å². The Morgan fingerprint density at radius 1 is 1.03 bits per heavy atom. The lowest BCUT2D eigenvalue weighted by Crippen LogP contribution is -2.09. The first-order chi connectivity index (χ1) is 13.8. The van der Waals surface area contributed by atoms with Crippen LogP contribution in [0, 0.1) is 17.1 Å². The van der Waals surface area contributed by atoms with Crippen LogP contribution in [0.3, 0.4) is 0 Å². The molecule has 0 fully saturated rings. The molecule has 0 atom stereocenters. The van der Waals surface area contributed by atoms with Crippen molar-refractivity contribution in [2.24, 2.45) is 0 Å². The van der Waals surface area contributed by atoms with Crippen molar-refractivity contribution in [2.45, 2.75) is 6.18 Å². The van der Waals surface area contributed by atoms with Gasteiger partial charge in [-0.2, -0.15) is 18.4 Å². The smallest absolute Gasteiger partial charge is 0.284 e. The van der Waals surface area contributed by atoms with Gasteiger partial charge in [0.15, 0.2) is 0 Å². The summed E-state index contributed by atoms with van der Waals surface area (Å²) in [5, 5.41) is 9.68. The summed E-state index contributed by atoms with van der Waals surface area (Å²) >= 11 is 5.90. The highest BCUT2D eigenvalue weighted by atomic mass is 35.5. The van der Waals surface area contributed by atoms with E-state index in [-0.39, 0.29) is 16.9 Å². The fourth-order valence-electron chi connectivity index (χ4n) is 2.98. The second kappa shape index (κ2) is 6.87. The summed E-state index contributed by atoms with van der Waals surface area (Å²) in [5.41, 5.74) is 0.572. The van der Waals surface area contributed by atoms with E-state index in [0.717, 1.165) is 6.07 Å². The number of halogens is 5. The van der Waals surface area contributed by atoms with E-state index < -0.39 is 17.7 Å². The molecule has 9 heteroatoms. The van der Waals surface area contributed by atoms with Crippen molar-refractivity contribution in [1.29, 1.82) is 5.26 Å². The predicted molar refractivity (Wildman–Crippen MR) is 98.5 cm³/mol. The maximum atomic E-state index is 14.5. The molecule has 0 amide bonds. The molecule has 2 aromatic heterocycles. The lowest BCUT2D eigenvalue weighted by Gasteiger charge is -2.10. The molecule has 4 aromatic rings. The molecule has 0 saturated heterocycles. The van der Waals surface area contributed by atoms with Gasteiger partial charge in [-0.3, -0.25) is 4.40 Å². The molecule has 29 heavy (non-hydrogen) atoms. The van der Waals surface area contributed by atoms with Crippen molar-refractivity contribution < 1.29 is 17.6 Å². The fraction of sp³-hybridized carbons (Fsp3) is 0.0500. The summed E-state index contributed by atoms with van der Waals surface area (Å²) < 4.78 is 54.4. The highest BCUT2D eigenvalue weighted by Crippen LogP contribution is 2.33. The van der Waals surface area contributed by atoms with Gasteiger partial charge in [0, 0.05) is 27.9 Å². The molecule has 0 bridgehead atoms. The maximum absolute atomic E-state index is 14.5. The van der Waals surface area contributed by atoms with Gasteiger partial charge in [-0.15, -0.1) is 0 Å². The SMILES string of the molecule is N#Cc1cc(Cl)ccc1-c1cc(-c2cnc3nc(C(F)(F)F)ccn23)ccc1F. The molecule has 0 aliphatic heterocycles. The Morgan fingerprint density at radius 2 is 1.83 bits per heavy atom. The summed E-state index contributed by atoms with van der Waals surface area (Å²) in [6, 6.07) is 11.5. The predicted octanol–water partition coefficient (Wildman–Crippen LogP) is 5.75. The minimum absolute atomic E-state index is 0.134. The third-order valence-electron chi connectivity index (χ3n) is 4.32. The van der Waals surface area contributed by atoms with Crippen LogP contribution in [-0.4, -0.2) is 14.4 Å². The number of hydrogen-bond donors (Lipinski definition) is 0. The van der Waals surface area contributed by atoms with E-state index >= 15 is 0 Å². The van der Waals surface area contributed by atoms with E-state index in [4.69, 9.17) is 11.6 Å². The van der Waals surface area contributed by atoms with Gasteiger partial charge in [0.2, 0.25) is 5.78 Å². The highest BCUT2D eigenvalue weighted by molar-refractivity contribution is 6.30. The zero-order chi connectivity index (χ0) is 20.8. The average Bonchev–Trinajstić information content (AvgIpc) is 3.11. The van der Waals surface area contributed by atoms with E-state index in [1.807, 2.05) is 6.07 Å². The topological polar surface area (TPSA) is 54.0 Å². The lowest BCUT2D eigenvalue weighted by atomic mass is 9.97. The number of nitriles is 1. The normalized spacial score (nSPS) is 11.6. The van der Waals surface area contributed by atoms with Crippen LogP contribution in [0.2, 0.25) is 5.02 Å². The number of fused-ring (bicyclic) bond motifs is 1. The summed E-state index contributed by atoms with van der Waals surface area (Å²) in [6.45, 7) is 0. The Bertz CT molecular complexity index is 1290. The average molecular weight is 417 g/mol. The molecule has 0 spiro atoms. The third-order valence-corrected chi connectivity index (χ3v) is 4.56. The molecule has 4 nitrogen and oxygen atoms in total. The Labute approximate surface area is 166 Å². The van der Waals surface area contributed by atoms with Gasteiger partial charge >= 0.3 is 6.18 Å². The molecule has 0 N–H and O–H groups in total. The molecule has 0 saturated carbocycles. The molecular weight excluding hydrogens is 408 g/mol. The number of alkyl halides is 3. The van der Waals surface area contributed by atoms with Crippen LogP contribution < -0.4 is 0 Å². The monoisotopic (exact) mass is 416 g/mol. The summed E-state index contributed by atoms with van der Waals surface area (Å²) in [7, 11) is 0. The number of hydrogen-bond acceptors (Lipinski definition) is 3. The van der Waals surface area contributed by atoms with Crippen molar-refractivity contribution >= 4 is 17.4 Å². The first kappa shape index (κ1) is 18.9. The second-order valence-electron chi connectivity index (χ2n) is 6.12. The molecule has 0 aliphatic rings. The highest BCUT2D eigenvalue weighted by Gasteiger charge is 2.33. The molecule has 4 rings (SSSR count). The number of benzene rings is 2. The minimum atomic E-state index is -4.58. The van der Waals surface area contributed by atoms with Crippen LogP contribution >= 0.6 is 11.6 Å². The lowest BCUT2D eigenvalue weighted by molar-refractivity contribution is -0.141. The Morgan fingerprint density at radius 3 is 2.55 bits per heavy atom. The van der Waals surface area contributed by atoms with Crippen molar-refractivity contribution in [2.75, 3.05) is 0 Å². The van der Waals surface area contributed by atoms with E-state index in [1.54, 1.807) is 6.07 Å². The number of nitrogens with zero attached hydrogens (tertiary/aromatic N) is 4. The molecule has 0 unspecified atom stereocenters. The quantitative estimate of drug-likeness (QED) is 0.391. The van der Waals surface area contributed by atoms with E-state index in [0.29, 0.717) is 21.8 Å². The van der Waals surface area contributed by atoms with Gasteiger partial charge in [-0.05, 0) is 36.4 Å². The number of imidazole rings is 1. The number of rotatable bonds is 2. The van der Waals surface area contributed by atoms with Crippen molar-refractivity contribution in [3.8, 4) is 28.5 Å². The van der Waals surface area contributed by atoms with Gasteiger partial charge in [0.05, 0.1) is 23.5 Å². The zero-order valence-corrected chi connectivity index (χ0v) is 15.1. The molecule has 0 radical (unpaired) electrons. The number of aromatic nitrogens is 3. The maximum Gasteiger partial charge on any atom is 0.433 e. The van der Waals surface area contributed by atoms with Crippen LogP contribution in [0.1, 0.15) is 11.3 Å². The van der Waals surface area contributed by atoms with Crippen molar-refractivity contribution in [1.82, 2.24) is 14.4 Å². The van der Waals surface area contributed by atoms with Gasteiger partial charge in [0.1, 0.15) is 11.5 Å². The Balaban J connectivity index is 1.86. The van der Waals surface area contributed by atoms with Crippen LogP contribution in [-0.2, 0) is 6.18 Å². The van der Waals surface area contributed by atoms with Gasteiger partial charge in [0.25, 0.3) is 0 Å².